The normalized spacial score (nSPS) is 10.4. The maximum absolute atomic E-state index is 12.1. The number of amides is 1. The van der Waals surface area contributed by atoms with Crippen molar-refractivity contribution in [1.82, 2.24) is 20.5 Å². The molecule has 2 aromatic heterocycles. The number of rotatable bonds is 7. The Hall–Kier alpha value is -3.35. The van der Waals surface area contributed by atoms with E-state index in [1.807, 2.05) is 31.2 Å². The van der Waals surface area contributed by atoms with Crippen LogP contribution < -0.4 is 14.8 Å². The minimum Gasteiger partial charge on any atom is -0.497 e. The lowest BCUT2D eigenvalue weighted by molar-refractivity contribution is 0.0946. The van der Waals surface area contributed by atoms with E-state index < -0.39 is 0 Å². The number of pyridine rings is 1. The molecule has 1 amide bonds. The molecule has 0 aliphatic carbocycles. The Bertz CT molecular complexity index is 875. The average Bonchev–Trinajstić information content (AvgIpc) is 3.17. The van der Waals surface area contributed by atoms with Gasteiger partial charge in [-0.1, -0.05) is 19.1 Å². The zero-order chi connectivity index (χ0) is 18.4. The number of hydrogen-bond donors (Lipinski definition) is 2. The van der Waals surface area contributed by atoms with E-state index >= 15 is 0 Å². The monoisotopic (exact) mass is 352 g/mol. The molecular weight excluding hydrogens is 332 g/mol. The largest absolute Gasteiger partial charge is 0.497 e. The van der Waals surface area contributed by atoms with Gasteiger partial charge in [0.1, 0.15) is 17.2 Å². The number of carbonyl (C=O) groups is 1. The molecule has 0 saturated carbocycles. The van der Waals surface area contributed by atoms with Gasteiger partial charge in [0.25, 0.3) is 5.91 Å². The summed E-state index contributed by atoms with van der Waals surface area (Å²) < 4.78 is 10.9. The Kier molecular flexibility index (Phi) is 5.48. The summed E-state index contributed by atoms with van der Waals surface area (Å²) in [6.45, 7) is 2.36. The van der Waals surface area contributed by atoms with E-state index in [-0.39, 0.29) is 5.91 Å². The van der Waals surface area contributed by atoms with E-state index in [4.69, 9.17) is 9.47 Å². The summed E-state index contributed by atoms with van der Waals surface area (Å²) in [7, 11) is 1.60. The predicted octanol–water partition coefficient (Wildman–Crippen LogP) is 3.10. The minimum absolute atomic E-state index is 0.224. The third-order valence-electron chi connectivity index (χ3n) is 3.76. The molecule has 0 spiro atoms. The van der Waals surface area contributed by atoms with E-state index in [0.717, 1.165) is 17.7 Å². The fourth-order valence-electron chi connectivity index (χ4n) is 2.29. The molecular formula is C19H20N4O3. The van der Waals surface area contributed by atoms with Gasteiger partial charge in [-0.05, 0) is 30.2 Å². The Morgan fingerprint density at radius 1 is 1.19 bits per heavy atom. The van der Waals surface area contributed by atoms with Crippen LogP contribution in [0.4, 0.5) is 0 Å². The molecule has 2 N–H and O–H groups in total. The van der Waals surface area contributed by atoms with Gasteiger partial charge in [-0.2, -0.15) is 5.10 Å². The lowest BCUT2D eigenvalue weighted by atomic mass is 10.2. The second-order valence-electron chi connectivity index (χ2n) is 5.60. The highest BCUT2D eigenvalue weighted by atomic mass is 16.5. The summed E-state index contributed by atoms with van der Waals surface area (Å²) in [5, 5.41) is 9.63. The van der Waals surface area contributed by atoms with Crippen molar-refractivity contribution in [3.05, 3.63) is 65.6 Å². The summed E-state index contributed by atoms with van der Waals surface area (Å²) in [6.07, 6.45) is 2.47. The first-order valence-corrected chi connectivity index (χ1v) is 8.27. The van der Waals surface area contributed by atoms with Crippen LogP contribution >= 0.6 is 0 Å². The van der Waals surface area contributed by atoms with Crippen molar-refractivity contribution in [1.29, 1.82) is 0 Å². The van der Waals surface area contributed by atoms with E-state index in [0.29, 0.717) is 29.6 Å². The van der Waals surface area contributed by atoms with Crippen LogP contribution in [0.3, 0.4) is 0 Å². The number of aromatic nitrogens is 3. The molecule has 7 nitrogen and oxygen atoms in total. The highest BCUT2D eigenvalue weighted by molar-refractivity contribution is 5.92. The summed E-state index contributed by atoms with van der Waals surface area (Å²) in [4.78, 5) is 16.3. The van der Waals surface area contributed by atoms with Gasteiger partial charge in [0.05, 0.1) is 7.11 Å². The summed E-state index contributed by atoms with van der Waals surface area (Å²) in [6, 6.07) is 12.6. The van der Waals surface area contributed by atoms with E-state index in [2.05, 4.69) is 20.5 Å². The van der Waals surface area contributed by atoms with Gasteiger partial charge >= 0.3 is 0 Å². The first-order valence-electron chi connectivity index (χ1n) is 8.27. The first kappa shape index (κ1) is 17.5. The fourth-order valence-corrected chi connectivity index (χ4v) is 2.29. The number of ether oxygens (including phenoxy) is 2. The molecule has 0 fully saturated rings. The van der Waals surface area contributed by atoms with Gasteiger partial charge in [-0.15, -0.1) is 0 Å². The topological polar surface area (TPSA) is 89.1 Å². The minimum atomic E-state index is -0.224. The first-order chi connectivity index (χ1) is 12.7. The third kappa shape index (κ3) is 4.38. The number of aromatic amines is 1. The Morgan fingerprint density at radius 2 is 2.04 bits per heavy atom. The molecule has 26 heavy (non-hydrogen) atoms. The van der Waals surface area contributed by atoms with Gasteiger partial charge < -0.3 is 14.8 Å². The lowest BCUT2D eigenvalue weighted by Crippen LogP contribution is -2.23. The Morgan fingerprint density at radius 3 is 2.73 bits per heavy atom. The van der Waals surface area contributed by atoms with Crippen LogP contribution in [-0.4, -0.2) is 28.2 Å². The Balaban J connectivity index is 1.56. The zero-order valence-corrected chi connectivity index (χ0v) is 14.7. The van der Waals surface area contributed by atoms with Gasteiger partial charge in [0, 0.05) is 30.6 Å². The molecule has 7 heteroatoms. The van der Waals surface area contributed by atoms with E-state index in [9.17, 15) is 4.79 Å². The molecule has 0 aliphatic heterocycles. The maximum Gasteiger partial charge on any atom is 0.272 e. The third-order valence-corrected chi connectivity index (χ3v) is 3.76. The van der Waals surface area contributed by atoms with Gasteiger partial charge in [-0.25, -0.2) is 4.98 Å². The zero-order valence-electron chi connectivity index (χ0n) is 14.7. The molecule has 0 bridgehead atoms. The van der Waals surface area contributed by atoms with Crippen molar-refractivity contribution in [2.24, 2.45) is 0 Å². The molecule has 3 aromatic rings. The molecule has 1 aromatic carbocycles. The predicted molar refractivity (Wildman–Crippen MR) is 96.4 cm³/mol. The molecule has 134 valence electrons. The number of hydrogen-bond acceptors (Lipinski definition) is 5. The van der Waals surface area contributed by atoms with Crippen LogP contribution in [0.2, 0.25) is 0 Å². The quantitative estimate of drug-likeness (QED) is 0.682. The second kappa shape index (κ2) is 8.15. The van der Waals surface area contributed by atoms with Crippen LogP contribution in [0.25, 0.3) is 0 Å². The molecule has 0 aliphatic rings. The number of nitrogens with one attached hydrogen (secondary N) is 2. The number of aryl methyl sites for hydroxylation is 1. The second-order valence-corrected chi connectivity index (χ2v) is 5.60. The average molecular weight is 352 g/mol. The molecule has 0 unspecified atom stereocenters. The summed E-state index contributed by atoms with van der Waals surface area (Å²) in [5.74, 6) is 1.60. The van der Waals surface area contributed by atoms with Crippen molar-refractivity contribution >= 4 is 5.91 Å². The van der Waals surface area contributed by atoms with Crippen LogP contribution in [0, 0.1) is 0 Å². The number of benzene rings is 1. The van der Waals surface area contributed by atoms with Gasteiger partial charge in [0.2, 0.25) is 5.88 Å². The highest BCUT2D eigenvalue weighted by Crippen LogP contribution is 2.23. The fraction of sp³-hybridized carbons (Fsp3) is 0.211. The Labute approximate surface area is 151 Å². The molecule has 0 radical (unpaired) electrons. The summed E-state index contributed by atoms with van der Waals surface area (Å²) in [5.41, 5.74) is 2.17. The van der Waals surface area contributed by atoms with Crippen LogP contribution in [0.15, 0.2) is 48.7 Å². The smallest absolute Gasteiger partial charge is 0.272 e. The van der Waals surface area contributed by atoms with Crippen molar-refractivity contribution in [3.63, 3.8) is 0 Å². The van der Waals surface area contributed by atoms with Crippen LogP contribution in [0.5, 0.6) is 17.4 Å². The molecule has 3 rings (SSSR count). The maximum atomic E-state index is 12.1. The number of nitrogens with zero attached hydrogens (tertiary/aromatic N) is 2. The van der Waals surface area contributed by atoms with E-state index in [1.165, 1.54) is 0 Å². The van der Waals surface area contributed by atoms with E-state index in [1.54, 1.807) is 31.5 Å². The SMILES string of the molecule is CCc1cc(C(=O)NCc2ccc(Oc3cccc(OC)c3)nc2)n[nH]1. The van der Waals surface area contributed by atoms with Crippen LogP contribution in [0.1, 0.15) is 28.7 Å². The van der Waals surface area contributed by atoms with Crippen molar-refractivity contribution in [2.75, 3.05) is 7.11 Å². The van der Waals surface area contributed by atoms with Gasteiger partial charge in [0.15, 0.2) is 0 Å². The van der Waals surface area contributed by atoms with Gasteiger partial charge in [-0.3, -0.25) is 9.89 Å². The van der Waals surface area contributed by atoms with Crippen molar-refractivity contribution in [3.8, 4) is 17.4 Å². The number of H-pyrrole nitrogens is 1. The summed E-state index contributed by atoms with van der Waals surface area (Å²) >= 11 is 0. The molecule has 0 atom stereocenters. The van der Waals surface area contributed by atoms with Crippen molar-refractivity contribution < 1.29 is 14.3 Å². The lowest BCUT2D eigenvalue weighted by Gasteiger charge is -2.07. The van der Waals surface area contributed by atoms with Crippen LogP contribution in [-0.2, 0) is 13.0 Å². The molecule has 2 heterocycles. The number of carbonyl (C=O) groups excluding carboxylic acids is 1. The molecule has 0 saturated heterocycles. The standard InChI is InChI=1S/C19H20N4O3/c1-3-14-9-17(23-22-14)19(24)21-12-13-7-8-18(20-11-13)26-16-6-4-5-15(10-16)25-2/h4-11H,3,12H2,1-2H3,(H,21,24)(H,22,23). The van der Waals surface area contributed by atoms with Crippen molar-refractivity contribution in [2.45, 2.75) is 19.9 Å². The number of methoxy groups -OCH3 is 1. The highest BCUT2D eigenvalue weighted by Gasteiger charge is 2.09.